The number of hydrogen-bond acceptors (Lipinski definition) is 3. The minimum atomic E-state index is -0.820. The van der Waals surface area contributed by atoms with Crippen LogP contribution in [0.25, 0.3) is 5.57 Å². The van der Waals surface area contributed by atoms with E-state index >= 15 is 0 Å². The second-order valence-electron chi connectivity index (χ2n) is 5.01. The predicted molar refractivity (Wildman–Crippen MR) is 82.8 cm³/mol. The molecule has 5 nitrogen and oxygen atoms in total. The van der Waals surface area contributed by atoms with Crippen molar-refractivity contribution in [2.75, 3.05) is 13.1 Å². The van der Waals surface area contributed by atoms with Gasteiger partial charge in [0.15, 0.2) is 0 Å². The first kappa shape index (κ1) is 15.5. The molecule has 2 rings (SSSR count). The fourth-order valence-electron chi connectivity index (χ4n) is 2.38. The lowest BCUT2D eigenvalue weighted by atomic mass is 9.99. The van der Waals surface area contributed by atoms with Gasteiger partial charge in [-0.2, -0.15) is 0 Å². The molecule has 0 saturated heterocycles. The topological polar surface area (TPSA) is 75.4 Å². The highest BCUT2D eigenvalue weighted by molar-refractivity contribution is 6.30. The zero-order valence-electron chi connectivity index (χ0n) is 11.8. The van der Waals surface area contributed by atoms with Crippen LogP contribution in [0.2, 0.25) is 5.02 Å². The Morgan fingerprint density at radius 1 is 1.43 bits per heavy atom. The molecule has 3 N–H and O–H groups in total. The first-order valence-corrected chi connectivity index (χ1v) is 7.14. The summed E-state index contributed by atoms with van der Waals surface area (Å²) in [7, 11) is 0. The van der Waals surface area contributed by atoms with Crippen LogP contribution >= 0.6 is 11.6 Å². The monoisotopic (exact) mass is 307 g/mol. The molecule has 0 aromatic heterocycles. The maximum Gasteiger partial charge on any atom is 0.318 e. The lowest BCUT2D eigenvalue weighted by Crippen LogP contribution is -2.49. The standard InChI is InChI=1S/C15H18ClN3O2/c1-10(14(20)18-15(17)21)19-7-5-11(6-8-19)12-3-2-4-13(16)9-12/h2-5,9-10H,6-8H2,1H3,(H3,17,18,20,21)/t10-/m0/s1. The van der Waals surface area contributed by atoms with Crippen LogP contribution in [0, 0.1) is 0 Å². The molecule has 1 heterocycles. The molecule has 0 bridgehead atoms. The van der Waals surface area contributed by atoms with Crippen molar-refractivity contribution in [3.05, 3.63) is 40.9 Å². The number of nitrogens with two attached hydrogens (primary N) is 1. The van der Waals surface area contributed by atoms with Gasteiger partial charge in [0.1, 0.15) is 0 Å². The van der Waals surface area contributed by atoms with Gasteiger partial charge in [-0.15, -0.1) is 0 Å². The molecule has 0 saturated carbocycles. The number of benzene rings is 1. The summed E-state index contributed by atoms with van der Waals surface area (Å²) in [6.07, 6.45) is 2.91. The molecular weight excluding hydrogens is 290 g/mol. The minimum absolute atomic E-state index is 0.373. The largest absolute Gasteiger partial charge is 0.351 e. The molecule has 112 valence electrons. The SMILES string of the molecule is C[C@@H](C(=O)NC(N)=O)N1CC=C(c2cccc(Cl)c2)CC1. The Morgan fingerprint density at radius 2 is 2.19 bits per heavy atom. The van der Waals surface area contributed by atoms with E-state index in [9.17, 15) is 9.59 Å². The Balaban J connectivity index is 2.01. The second-order valence-corrected chi connectivity index (χ2v) is 5.45. The Bertz CT molecular complexity index is 586. The van der Waals surface area contributed by atoms with Crippen molar-refractivity contribution in [3.63, 3.8) is 0 Å². The number of imide groups is 1. The molecule has 1 aliphatic heterocycles. The van der Waals surface area contributed by atoms with Crippen LogP contribution in [0.5, 0.6) is 0 Å². The highest BCUT2D eigenvalue weighted by Gasteiger charge is 2.24. The van der Waals surface area contributed by atoms with E-state index in [1.165, 1.54) is 5.57 Å². The maximum atomic E-state index is 11.8. The molecule has 0 radical (unpaired) electrons. The average Bonchev–Trinajstić information content (AvgIpc) is 2.46. The van der Waals surface area contributed by atoms with Gasteiger partial charge < -0.3 is 5.73 Å². The van der Waals surface area contributed by atoms with E-state index in [-0.39, 0.29) is 5.91 Å². The van der Waals surface area contributed by atoms with Crippen LogP contribution in [0.4, 0.5) is 4.79 Å². The van der Waals surface area contributed by atoms with Gasteiger partial charge in [0, 0.05) is 18.1 Å². The van der Waals surface area contributed by atoms with Gasteiger partial charge in [-0.05, 0) is 36.6 Å². The number of urea groups is 1. The first-order valence-electron chi connectivity index (χ1n) is 6.76. The van der Waals surface area contributed by atoms with E-state index in [4.69, 9.17) is 17.3 Å². The van der Waals surface area contributed by atoms with Crippen molar-refractivity contribution in [1.29, 1.82) is 0 Å². The van der Waals surface area contributed by atoms with Gasteiger partial charge in [-0.3, -0.25) is 15.0 Å². The van der Waals surface area contributed by atoms with Crippen LogP contribution in [-0.2, 0) is 4.79 Å². The van der Waals surface area contributed by atoms with Crippen molar-refractivity contribution >= 4 is 29.1 Å². The Kier molecular flexibility index (Phi) is 4.98. The summed E-state index contributed by atoms with van der Waals surface area (Å²) in [5.74, 6) is -0.373. The predicted octanol–water partition coefficient (Wildman–Crippen LogP) is 2.01. The van der Waals surface area contributed by atoms with Gasteiger partial charge in [0.05, 0.1) is 6.04 Å². The number of carbonyl (C=O) groups is 2. The highest BCUT2D eigenvalue weighted by Crippen LogP contribution is 2.25. The number of nitrogens with one attached hydrogen (secondary N) is 1. The lowest BCUT2D eigenvalue weighted by Gasteiger charge is -2.30. The van der Waals surface area contributed by atoms with E-state index in [1.807, 2.05) is 29.2 Å². The number of nitrogens with zero attached hydrogens (tertiary/aromatic N) is 1. The number of rotatable bonds is 3. The fourth-order valence-corrected chi connectivity index (χ4v) is 2.57. The van der Waals surface area contributed by atoms with Crippen LogP contribution < -0.4 is 11.1 Å². The number of amides is 3. The maximum absolute atomic E-state index is 11.8. The summed E-state index contributed by atoms with van der Waals surface area (Å²) >= 11 is 6.00. The minimum Gasteiger partial charge on any atom is -0.351 e. The molecular formula is C15H18ClN3O2. The number of primary amides is 1. The Hall–Kier alpha value is -1.85. The zero-order chi connectivity index (χ0) is 15.4. The highest BCUT2D eigenvalue weighted by atomic mass is 35.5. The molecule has 1 aromatic carbocycles. The van der Waals surface area contributed by atoms with Crippen molar-refractivity contribution < 1.29 is 9.59 Å². The molecule has 3 amide bonds. The first-order chi connectivity index (χ1) is 9.97. The van der Waals surface area contributed by atoms with Crippen molar-refractivity contribution in [2.24, 2.45) is 5.73 Å². The average molecular weight is 308 g/mol. The smallest absolute Gasteiger partial charge is 0.318 e. The Labute approximate surface area is 128 Å². The van der Waals surface area contributed by atoms with Crippen LogP contribution in [0.1, 0.15) is 18.9 Å². The quantitative estimate of drug-likeness (QED) is 0.897. The van der Waals surface area contributed by atoms with E-state index in [0.29, 0.717) is 11.6 Å². The third-order valence-electron chi connectivity index (χ3n) is 3.61. The van der Waals surface area contributed by atoms with Crippen molar-refractivity contribution in [1.82, 2.24) is 10.2 Å². The zero-order valence-corrected chi connectivity index (χ0v) is 12.6. The third kappa shape index (κ3) is 4.06. The molecule has 1 atom stereocenters. The van der Waals surface area contributed by atoms with Crippen LogP contribution in [-0.4, -0.2) is 36.0 Å². The fraction of sp³-hybridized carbons (Fsp3) is 0.333. The van der Waals surface area contributed by atoms with Gasteiger partial charge in [-0.25, -0.2) is 4.79 Å². The van der Waals surface area contributed by atoms with E-state index in [1.54, 1.807) is 6.92 Å². The third-order valence-corrected chi connectivity index (χ3v) is 3.84. The lowest BCUT2D eigenvalue weighted by molar-refractivity contribution is -0.124. The molecule has 1 aromatic rings. The summed E-state index contributed by atoms with van der Waals surface area (Å²) in [5, 5.41) is 2.82. The van der Waals surface area contributed by atoms with E-state index < -0.39 is 12.1 Å². The summed E-state index contributed by atoms with van der Waals surface area (Å²) in [4.78, 5) is 24.5. The van der Waals surface area contributed by atoms with Crippen molar-refractivity contribution in [2.45, 2.75) is 19.4 Å². The van der Waals surface area contributed by atoms with E-state index in [2.05, 4.69) is 11.4 Å². The second kappa shape index (κ2) is 6.74. The van der Waals surface area contributed by atoms with Crippen LogP contribution in [0.15, 0.2) is 30.3 Å². The van der Waals surface area contributed by atoms with Crippen LogP contribution in [0.3, 0.4) is 0 Å². The number of hydrogen-bond donors (Lipinski definition) is 2. The summed E-state index contributed by atoms with van der Waals surface area (Å²) in [5.41, 5.74) is 7.29. The molecule has 0 unspecified atom stereocenters. The van der Waals surface area contributed by atoms with E-state index in [0.717, 1.165) is 18.5 Å². The van der Waals surface area contributed by atoms with Crippen molar-refractivity contribution in [3.8, 4) is 0 Å². The summed E-state index contributed by atoms with van der Waals surface area (Å²) in [6.45, 7) is 3.15. The normalized spacial score (nSPS) is 17.0. The molecule has 0 aliphatic carbocycles. The molecule has 0 fully saturated rings. The number of halogens is 1. The molecule has 21 heavy (non-hydrogen) atoms. The molecule has 1 aliphatic rings. The van der Waals surface area contributed by atoms with Gasteiger partial charge in [0.2, 0.25) is 5.91 Å². The Morgan fingerprint density at radius 3 is 2.76 bits per heavy atom. The summed E-state index contributed by atoms with van der Waals surface area (Å²) in [6, 6.07) is 6.52. The number of carbonyl (C=O) groups excluding carboxylic acids is 2. The summed E-state index contributed by atoms with van der Waals surface area (Å²) < 4.78 is 0. The van der Waals surface area contributed by atoms with Gasteiger partial charge in [-0.1, -0.05) is 29.8 Å². The molecule has 0 spiro atoms. The molecule has 6 heteroatoms. The van der Waals surface area contributed by atoms with Gasteiger partial charge in [0.25, 0.3) is 0 Å². The van der Waals surface area contributed by atoms with Gasteiger partial charge >= 0.3 is 6.03 Å².